The summed E-state index contributed by atoms with van der Waals surface area (Å²) in [6.07, 6.45) is 4.70. The summed E-state index contributed by atoms with van der Waals surface area (Å²) in [6.45, 7) is 4.14. The van der Waals surface area contributed by atoms with E-state index in [0.717, 1.165) is 37.8 Å². The molecule has 5 heteroatoms. The lowest BCUT2D eigenvalue weighted by Gasteiger charge is -2.43. The zero-order valence-corrected chi connectivity index (χ0v) is 15.3. The van der Waals surface area contributed by atoms with E-state index in [1.54, 1.807) is 4.90 Å². The van der Waals surface area contributed by atoms with E-state index in [2.05, 4.69) is 6.92 Å². The quantitative estimate of drug-likeness (QED) is 0.806. The highest BCUT2D eigenvalue weighted by Crippen LogP contribution is 2.47. The molecule has 1 aliphatic carbocycles. The largest absolute Gasteiger partial charge is 0.438 e. The van der Waals surface area contributed by atoms with Crippen LogP contribution in [-0.4, -0.2) is 43.6 Å². The third kappa shape index (κ3) is 3.98. The first kappa shape index (κ1) is 18.2. The minimum atomic E-state index is -0.598. The first-order valence-corrected chi connectivity index (χ1v) is 9.37. The highest BCUT2D eigenvalue weighted by molar-refractivity contribution is 5.68. The van der Waals surface area contributed by atoms with Gasteiger partial charge in [0.15, 0.2) is 5.79 Å². The average Bonchev–Trinajstić information content (AvgIpc) is 3.11. The van der Waals surface area contributed by atoms with Gasteiger partial charge in [-0.25, -0.2) is 4.79 Å². The molecule has 1 amide bonds. The van der Waals surface area contributed by atoms with Gasteiger partial charge in [0.05, 0.1) is 13.2 Å². The molecule has 5 nitrogen and oxygen atoms in total. The molecule has 1 aromatic rings. The molecule has 25 heavy (non-hydrogen) atoms. The number of rotatable bonds is 5. The van der Waals surface area contributed by atoms with Crippen LogP contribution in [0.2, 0.25) is 0 Å². The zero-order chi connectivity index (χ0) is 17.8. The lowest BCUT2D eigenvalue weighted by molar-refractivity contribution is -0.205. The van der Waals surface area contributed by atoms with Crippen molar-refractivity contribution >= 4 is 6.09 Å². The summed E-state index contributed by atoms with van der Waals surface area (Å²) in [7, 11) is 1.81. The molecule has 0 atom stereocenters. The first-order chi connectivity index (χ1) is 12.1. The average molecular weight is 347 g/mol. The van der Waals surface area contributed by atoms with Crippen molar-refractivity contribution in [1.29, 1.82) is 0 Å². The van der Waals surface area contributed by atoms with E-state index in [0.29, 0.717) is 26.1 Å². The Labute approximate surface area is 150 Å². The second kappa shape index (κ2) is 7.75. The van der Waals surface area contributed by atoms with Crippen LogP contribution in [0.4, 0.5) is 4.79 Å². The Hall–Kier alpha value is -1.59. The summed E-state index contributed by atoms with van der Waals surface area (Å²) in [6, 6.07) is 10.1. The molecule has 1 aromatic carbocycles. The molecule has 0 radical (unpaired) electrons. The van der Waals surface area contributed by atoms with Crippen LogP contribution >= 0.6 is 0 Å². The first-order valence-electron chi connectivity index (χ1n) is 9.37. The van der Waals surface area contributed by atoms with E-state index >= 15 is 0 Å². The highest BCUT2D eigenvalue weighted by atomic mass is 16.7. The number of amides is 1. The Bertz CT molecular complexity index is 558. The van der Waals surface area contributed by atoms with Gasteiger partial charge in [0.1, 0.15) is 5.60 Å². The van der Waals surface area contributed by atoms with Gasteiger partial charge in [-0.1, -0.05) is 43.7 Å². The van der Waals surface area contributed by atoms with Crippen molar-refractivity contribution in [3.63, 3.8) is 0 Å². The number of carbonyl (C=O) groups excluding carboxylic acids is 1. The number of benzene rings is 1. The lowest BCUT2D eigenvalue weighted by atomic mass is 9.77. The van der Waals surface area contributed by atoms with Crippen LogP contribution in [0.15, 0.2) is 30.3 Å². The van der Waals surface area contributed by atoms with E-state index in [4.69, 9.17) is 14.2 Å². The normalized spacial score (nSPS) is 21.2. The summed E-state index contributed by atoms with van der Waals surface area (Å²) in [5, 5.41) is 0. The van der Waals surface area contributed by atoms with Gasteiger partial charge in [0.2, 0.25) is 0 Å². The Kier molecular flexibility index (Phi) is 5.64. The summed E-state index contributed by atoms with van der Waals surface area (Å²) < 4.78 is 17.8. The number of unbranched alkanes of at least 4 members (excludes halogenated alkanes) is 1. The molecule has 1 heterocycles. The van der Waals surface area contributed by atoms with Crippen LogP contribution < -0.4 is 0 Å². The molecule has 0 N–H and O–H groups in total. The number of hydrogen-bond donors (Lipinski definition) is 0. The number of ether oxygens (including phenoxy) is 3. The maximum absolute atomic E-state index is 12.6. The van der Waals surface area contributed by atoms with Crippen molar-refractivity contribution in [1.82, 2.24) is 4.90 Å². The summed E-state index contributed by atoms with van der Waals surface area (Å²) in [5.41, 5.74) is 0.458. The van der Waals surface area contributed by atoms with E-state index in [9.17, 15) is 4.79 Å². The van der Waals surface area contributed by atoms with Gasteiger partial charge in [-0.3, -0.25) is 0 Å². The van der Waals surface area contributed by atoms with E-state index in [-0.39, 0.29) is 6.09 Å². The Morgan fingerprint density at radius 1 is 1.12 bits per heavy atom. The van der Waals surface area contributed by atoms with Crippen LogP contribution in [0.25, 0.3) is 0 Å². The van der Waals surface area contributed by atoms with Crippen molar-refractivity contribution < 1.29 is 19.0 Å². The van der Waals surface area contributed by atoms with Crippen LogP contribution in [0.5, 0.6) is 0 Å². The maximum atomic E-state index is 12.6. The molecular weight excluding hydrogens is 318 g/mol. The molecule has 1 saturated carbocycles. The van der Waals surface area contributed by atoms with E-state index < -0.39 is 11.4 Å². The topological polar surface area (TPSA) is 48.0 Å². The third-order valence-corrected chi connectivity index (χ3v) is 5.37. The number of carbonyl (C=O) groups is 1. The predicted octanol–water partition coefficient (Wildman–Crippen LogP) is 4.07. The van der Waals surface area contributed by atoms with Crippen LogP contribution in [0, 0.1) is 0 Å². The molecule has 2 fully saturated rings. The van der Waals surface area contributed by atoms with Crippen LogP contribution in [0.3, 0.4) is 0 Å². The summed E-state index contributed by atoms with van der Waals surface area (Å²) in [4.78, 5) is 14.3. The van der Waals surface area contributed by atoms with Gasteiger partial charge in [-0.15, -0.1) is 0 Å². The minimum Gasteiger partial charge on any atom is -0.438 e. The molecule has 1 spiro atoms. The second-order valence-electron chi connectivity index (χ2n) is 7.11. The molecule has 0 bridgehead atoms. The van der Waals surface area contributed by atoms with Gasteiger partial charge in [-0.2, -0.15) is 0 Å². The molecule has 3 rings (SSSR count). The molecule has 1 aliphatic heterocycles. The van der Waals surface area contributed by atoms with Crippen molar-refractivity contribution in [3.8, 4) is 0 Å². The molecule has 2 aliphatic rings. The number of hydrogen-bond acceptors (Lipinski definition) is 4. The monoisotopic (exact) mass is 347 g/mol. The fraction of sp³-hybridized carbons (Fsp3) is 0.650. The fourth-order valence-electron chi connectivity index (χ4n) is 3.74. The minimum absolute atomic E-state index is 0.249. The fourth-order valence-corrected chi connectivity index (χ4v) is 3.74. The maximum Gasteiger partial charge on any atom is 0.410 e. The summed E-state index contributed by atoms with van der Waals surface area (Å²) >= 11 is 0. The standard InChI is InChI=1S/C20H29NO4/c1-3-4-14-21(2)18(22)25-19(17-8-6-5-7-9-17)10-12-20(13-11-19)23-15-16-24-20/h5-9H,3-4,10-16H2,1-2H3. The lowest BCUT2D eigenvalue weighted by Crippen LogP contribution is -2.46. The van der Waals surface area contributed by atoms with Crippen molar-refractivity contribution in [2.75, 3.05) is 26.8 Å². The van der Waals surface area contributed by atoms with Crippen LogP contribution in [-0.2, 0) is 19.8 Å². The van der Waals surface area contributed by atoms with Gasteiger partial charge in [0, 0.05) is 26.4 Å². The molecule has 0 aromatic heterocycles. The van der Waals surface area contributed by atoms with Gasteiger partial charge < -0.3 is 19.1 Å². The highest BCUT2D eigenvalue weighted by Gasteiger charge is 2.49. The van der Waals surface area contributed by atoms with Crippen molar-refractivity contribution in [2.45, 2.75) is 56.8 Å². The third-order valence-electron chi connectivity index (χ3n) is 5.37. The molecule has 138 valence electrons. The molecule has 1 saturated heterocycles. The number of nitrogens with zero attached hydrogens (tertiary/aromatic N) is 1. The Morgan fingerprint density at radius 3 is 2.36 bits per heavy atom. The van der Waals surface area contributed by atoms with E-state index in [1.807, 2.05) is 37.4 Å². The molecular formula is C20H29NO4. The van der Waals surface area contributed by atoms with Crippen molar-refractivity contribution in [3.05, 3.63) is 35.9 Å². The SMILES string of the molecule is CCCCN(C)C(=O)OC1(c2ccccc2)CCC2(CC1)OCCO2. The summed E-state index contributed by atoms with van der Waals surface area (Å²) in [5.74, 6) is -0.473. The van der Waals surface area contributed by atoms with Crippen LogP contribution in [0.1, 0.15) is 51.0 Å². The Morgan fingerprint density at radius 2 is 1.76 bits per heavy atom. The van der Waals surface area contributed by atoms with Crippen molar-refractivity contribution in [2.24, 2.45) is 0 Å². The zero-order valence-electron chi connectivity index (χ0n) is 15.3. The van der Waals surface area contributed by atoms with Gasteiger partial charge in [-0.05, 0) is 24.8 Å². The predicted molar refractivity (Wildman–Crippen MR) is 95.2 cm³/mol. The molecule has 0 unspecified atom stereocenters. The van der Waals surface area contributed by atoms with E-state index in [1.165, 1.54) is 0 Å². The Balaban J connectivity index is 1.76. The smallest absolute Gasteiger partial charge is 0.410 e. The second-order valence-corrected chi connectivity index (χ2v) is 7.11. The van der Waals surface area contributed by atoms with Gasteiger partial charge >= 0.3 is 6.09 Å². The van der Waals surface area contributed by atoms with Gasteiger partial charge in [0.25, 0.3) is 0 Å².